The van der Waals surface area contributed by atoms with Crippen molar-refractivity contribution >= 4 is 15.9 Å². The van der Waals surface area contributed by atoms with E-state index < -0.39 is 21.8 Å². The summed E-state index contributed by atoms with van der Waals surface area (Å²) in [6, 6.07) is 8.91. The minimum absolute atomic E-state index is 0.0486. The molecule has 4 rings (SSSR count). The van der Waals surface area contributed by atoms with E-state index in [0.29, 0.717) is 30.3 Å². The topological polar surface area (TPSA) is 76.2 Å². The van der Waals surface area contributed by atoms with Crippen molar-refractivity contribution in [1.29, 1.82) is 0 Å². The third-order valence-corrected chi connectivity index (χ3v) is 7.27. The Bertz CT molecular complexity index is 1100. The molecule has 2 aliphatic heterocycles. The molecule has 1 fully saturated rings. The summed E-state index contributed by atoms with van der Waals surface area (Å²) in [5.74, 6) is 0.609. The highest BCUT2D eigenvalue weighted by atomic mass is 32.2. The first-order valence-corrected chi connectivity index (χ1v) is 11.4. The summed E-state index contributed by atoms with van der Waals surface area (Å²) in [5.41, 5.74) is -0.305. The predicted molar refractivity (Wildman–Crippen MR) is 108 cm³/mol. The van der Waals surface area contributed by atoms with Crippen LogP contribution in [0.4, 0.5) is 13.2 Å². The van der Waals surface area contributed by atoms with Crippen molar-refractivity contribution in [1.82, 2.24) is 9.21 Å². The maximum absolute atomic E-state index is 13.0. The molecule has 32 heavy (non-hydrogen) atoms. The number of hydrogen-bond donors (Lipinski definition) is 0. The van der Waals surface area contributed by atoms with E-state index in [2.05, 4.69) is 0 Å². The van der Waals surface area contributed by atoms with Crippen molar-refractivity contribution in [2.75, 3.05) is 39.4 Å². The number of halogens is 3. The van der Waals surface area contributed by atoms with Gasteiger partial charge in [0.05, 0.1) is 16.9 Å². The minimum atomic E-state index is -4.43. The molecule has 2 aromatic rings. The molecule has 0 atom stereocenters. The molecule has 2 aromatic carbocycles. The molecule has 0 bridgehead atoms. The highest BCUT2D eigenvalue weighted by Gasteiger charge is 2.32. The monoisotopic (exact) mass is 470 g/mol. The van der Waals surface area contributed by atoms with Crippen LogP contribution in [0.2, 0.25) is 0 Å². The van der Waals surface area contributed by atoms with Gasteiger partial charge in [-0.15, -0.1) is 0 Å². The van der Waals surface area contributed by atoms with Crippen molar-refractivity contribution in [2.24, 2.45) is 0 Å². The molecule has 0 saturated carbocycles. The van der Waals surface area contributed by atoms with Crippen molar-refractivity contribution in [2.45, 2.75) is 17.5 Å². The van der Waals surface area contributed by atoms with E-state index in [-0.39, 0.29) is 43.4 Å². The van der Waals surface area contributed by atoms with Crippen LogP contribution in [0.5, 0.6) is 11.5 Å². The number of carbonyl (C=O) groups is 1. The summed E-state index contributed by atoms with van der Waals surface area (Å²) < 4.78 is 76.2. The summed E-state index contributed by atoms with van der Waals surface area (Å²) in [5, 5.41) is 0. The largest absolute Gasteiger partial charge is 0.486 e. The lowest BCUT2D eigenvalue weighted by molar-refractivity contribution is -0.137. The molecule has 2 heterocycles. The quantitative estimate of drug-likeness (QED) is 0.687. The highest BCUT2D eigenvalue weighted by molar-refractivity contribution is 7.89. The predicted octanol–water partition coefficient (Wildman–Crippen LogP) is 2.55. The van der Waals surface area contributed by atoms with Crippen LogP contribution in [0.25, 0.3) is 0 Å². The van der Waals surface area contributed by atoms with Gasteiger partial charge in [0.2, 0.25) is 15.9 Å². The molecule has 172 valence electrons. The number of ether oxygens (including phenoxy) is 2. The van der Waals surface area contributed by atoms with Crippen molar-refractivity contribution in [3.63, 3.8) is 0 Å². The Morgan fingerprint density at radius 2 is 1.53 bits per heavy atom. The Morgan fingerprint density at radius 1 is 0.906 bits per heavy atom. The average molecular weight is 470 g/mol. The first kappa shape index (κ1) is 22.4. The zero-order chi connectivity index (χ0) is 22.9. The first-order valence-electron chi connectivity index (χ1n) is 9.98. The highest BCUT2D eigenvalue weighted by Crippen LogP contribution is 2.33. The fraction of sp³-hybridized carbons (Fsp3) is 0.381. The molecule has 7 nitrogen and oxygen atoms in total. The van der Waals surface area contributed by atoms with Crippen LogP contribution < -0.4 is 9.47 Å². The molecular weight excluding hydrogens is 449 g/mol. The molecule has 1 amide bonds. The maximum atomic E-state index is 13.0. The van der Waals surface area contributed by atoms with Gasteiger partial charge < -0.3 is 14.4 Å². The van der Waals surface area contributed by atoms with Gasteiger partial charge in [-0.2, -0.15) is 17.5 Å². The molecular formula is C21H21F3N2O5S. The first-order chi connectivity index (χ1) is 15.1. The number of piperazine rings is 1. The number of amides is 1. The standard InChI is InChI=1S/C21H21F3N2O5S/c22-21(23,24)16-3-1-15(2-4-16)13-20(27)25-7-9-26(10-8-25)32(28,29)17-5-6-18-19(14-17)31-12-11-30-18/h1-6,14H,7-13H2. The SMILES string of the molecule is O=C(Cc1ccc(C(F)(F)F)cc1)N1CCN(S(=O)(=O)c2ccc3c(c2)OCCO3)CC1. The number of fused-ring (bicyclic) bond motifs is 1. The van der Waals surface area contributed by atoms with E-state index in [1.807, 2.05) is 0 Å². The van der Waals surface area contributed by atoms with E-state index in [0.717, 1.165) is 12.1 Å². The number of benzene rings is 2. The number of hydrogen-bond acceptors (Lipinski definition) is 5. The van der Waals surface area contributed by atoms with Gasteiger partial charge in [-0.3, -0.25) is 4.79 Å². The lowest BCUT2D eigenvalue weighted by Gasteiger charge is -2.34. The van der Waals surface area contributed by atoms with E-state index >= 15 is 0 Å². The van der Waals surface area contributed by atoms with Crippen LogP contribution in [-0.2, 0) is 27.4 Å². The minimum Gasteiger partial charge on any atom is -0.486 e. The zero-order valence-corrected chi connectivity index (χ0v) is 17.8. The van der Waals surface area contributed by atoms with E-state index in [9.17, 15) is 26.4 Å². The molecule has 1 saturated heterocycles. The fourth-order valence-corrected chi connectivity index (χ4v) is 5.05. The smallest absolute Gasteiger partial charge is 0.416 e. The summed E-state index contributed by atoms with van der Waals surface area (Å²) in [6.45, 7) is 1.38. The second kappa shape index (κ2) is 8.62. The van der Waals surface area contributed by atoms with Crippen LogP contribution in [0, 0.1) is 0 Å². The van der Waals surface area contributed by atoms with Gasteiger partial charge in [-0.05, 0) is 29.8 Å². The van der Waals surface area contributed by atoms with Gasteiger partial charge in [0.1, 0.15) is 13.2 Å². The van der Waals surface area contributed by atoms with Gasteiger partial charge in [0, 0.05) is 32.2 Å². The molecule has 0 aromatic heterocycles. The number of carbonyl (C=O) groups excluding carboxylic acids is 1. The van der Waals surface area contributed by atoms with Crippen LogP contribution in [-0.4, -0.2) is 62.9 Å². The third-order valence-electron chi connectivity index (χ3n) is 5.38. The summed E-state index contributed by atoms with van der Waals surface area (Å²) >= 11 is 0. The van der Waals surface area contributed by atoms with E-state index in [4.69, 9.17) is 9.47 Å². The van der Waals surface area contributed by atoms with Gasteiger partial charge in [-0.25, -0.2) is 8.42 Å². The normalized spacial score (nSPS) is 17.3. The molecule has 0 spiro atoms. The van der Waals surface area contributed by atoms with Crippen molar-refractivity contribution in [3.05, 3.63) is 53.6 Å². The van der Waals surface area contributed by atoms with Crippen molar-refractivity contribution in [3.8, 4) is 11.5 Å². The lowest BCUT2D eigenvalue weighted by atomic mass is 10.1. The van der Waals surface area contributed by atoms with Gasteiger partial charge in [0.25, 0.3) is 0 Å². The van der Waals surface area contributed by atoms with Gasteiger partial charge in [0.15, 0.2) is 11.5 Å². The summed E-state index contributed by atoms with van der Waals surface area (Å²) in [4.78, 5) is 14.2. The molecule has 0 N–H and O–H groups in total. The molecule has 11 heteroatoms. The van der Waals surface area contributed by atoms with Crippen molar-refractivity contribution < 1.29 is 35.9 Å². The second-order valence-electron chi connectivity index (χ2n) is 7.46. The number of alkyl halides is 3. The van der Waals surface area contributed by atoms with Crippen LogP contribution in [0.15, 0.2) is 47.4 Å². The lowest BCUT2D eigenvalue weighted by Crippen LogP contribution is -2.50. The fourth-order valence-electron chi connectivity index (χ4n) is 3.61. The van der Waals surface area contributed by atoms with Crippen LogP contribution in [0.3, 0.4) is 0 Å². The Hall–Kier alpha value is -2.79. The Balaban J connectivity index is 1.36. The number of nitrogens with zero attached hydrogens (tertiary/aromatic N) is 2. The summed E-state index contributed by atoms with van der Waals surface area (Å²) in [7, 11) is -3.77. The van der Waals surface area contributed by atoms with Crippen LogP contribution >= 0.6 is 0 Å². The Morgan fingerprint density at radius 3 is 2.16 bits per heavy atom. The Labute approximate surface area is 183 Å². The second-order valence-corrected chi connectivity index (χ2v) is 9.40. The van der Waals surface area contributed by atoms with Crippen LogP contribution in [0.1, 0.15) is 11.1 Å². The van der Waals surface area contributed by atoms with Gasteiger partial charge in [-0.1, -0.05) is 12.1 Å². The number of sulfonamides is 1. The van der Waals surface area contributed by atoms with E-state index in [1.54, 1.807) is 6.07 Å². The number of rotatable bonds is 4. The maximum Gasteiger partial charge on any atom is 0.416 e. The Kier molecular flexibility index (Phi) is 6.04. The zero-order valence-electron chi connectivity index (χ0n) is 17.0. The molecule has 0 aliphatic carbocycles. The molecule has 0 radical (unpaired) electrons. The molecule has 2 aliphatic rings. The average Bonchev–Trinajstić information content (AvgIpc) is 2.78. The van der Waals surface area contributed by atoms with Gasteiger partial charge >= 0.3 is 6.18 Å². The molecule has 0 unspecified atom stereocenters. The third kappa shape index (κ3) is 4.68. The summed E-state index contributed by atoms with van der Waals surface area (Å²) in [6.07, 6.45) is -4.48. The van der Waals surface area contributed by atoms with E-state index in [1.165, 1.54) is 33.5 Å².